The summed E-state index contributed by atoms with van der Waals surface area (Å²) in [5.74, 6) is 0. The minimum absolute atomic E-state index is 0. The SMILES string of the molecule is F[B-](F)(F)F.O=P(O)(F)F.[Li+]. The van der Waals surface area contributed by atoms with E-state index in [4.69, 9.17) is 9.46 Å². The summed E-state index contributed by atoms with van der Waals surface area (Å²) >= 11 is 0. The van der Waals surface area contributed by atoms with Crippen LogP contribution >= 0.6 is 7.99 Å². The van der Waals surface area contributed by atoms with Crippen molar-refractivity contribution in [2.45, 2.75) is 0 Å². The number of halogens is 6. The molecule has 1 N–H and O–H groups in total. The third-order valence-electron chi connectivity index (χ3n) is 0. The molecule has 64 valence electrons. The zero-order chi connectivity index (χ0) is 9.00. The average molecular weight is 196 g/mol. The topological polar surface area (TPSA) is 37.3 Å². The standard InChI is InChI=1S/BF4.F2HO2P.Li/c2-1(3,4)5;1-5(2,3)4;/h;(H,3,4);/q-1;;+1. The van der Waals surface area contributed by atoms with E-state index in [1.165, 1.54) is 0 Å². The van der Waals surface area contributed by atoms with Gasteiger partial charge in [-0.1, -0.05) is 0 Å². The molecule has 0 saturated heterocycles. The molecule has 0 unspecified atom stereocenters. The summed E-state index contributed by atoms with van der Waals surface area (Å²) in [5, 5.41) is 0. The summed E-state index contributed by atoms with van der Waals surface area (Å²) in [6, 6.07) is 0. The van der Waals surface area contributed by atoms with Gasteiger partial charge in [-0.25, -0.2) is 4.57 Å². The van der Waals surface area contributed by atoms with Crippen LogP contribution in [-0.2, 0) is 4.57 Å². The zero-order valence-corrected chi connectivity index (χ0v) is 6.04. The molecule has 11 heteroatoms. The second kappa shape index (κ2) is 6.01. The smallest absolute Gasteiger partial charge is 0.418 e. The van der Waals surface area contributed by atoms with Gasteiger partial charge in [0.1, 0.15) is 0 Å². The first-order valence-electron chi connectivity index (χ1n) is 1.59. The molecule has 0 spiro atoms. The third-order valence-corrected chi connectivity index (χ3v) is 0. The van der Waals surface area contributed by atoms with E-state index in [2.05, 4.69) is 0 Å². The van der Waals surface area contributed by atoms with Gasteiger partial charge in [-0.05, 0) is 0 Å². The molecule has 0 aliphatic heterocycles. The summed E-state index contributed by atoms with van der Waals surface area (Å²) < 4.78 is 67.7. The van der Waals surface area contributed by atoms with E-state index in [1.807, 2.05) is 0 Å². The van der Waals surface area contributed by atoms with E-state index in [1.54, 1.807) is 0 Å². The van der Waals surface area contributed by atoms with Crippen LogP contribution in [-0.4, -0.2) is 12.1 Å². The van der Waals surface area contributed by atoms with Gasteiger partial charge >= 0.3 is 34.1 Å². The van der Waals surface area contributed by atoms with Crippen LogP contribution in [0.25, 0.3) is 0 Å². The molecule has 0 radical (unpaired) electrons. The molecule has 0 saturated carbocycles. The summed E-state index contributed by atoms with van der Waals surface area (Å²) in [4.78, 5) is 6.74. The van der Waals surface area contributed by atoms with Crippen molar-refractivity contribution in [3.8, 4) is 0 Å². The molecule has 0 rings (SSSR count). The first-order chi connectivity index (χ1) is 4.00. The molecular formula is HBF6LiO2P. The molecule has 0 aromatic rings. The van der Waals surface area contributed by atoms with Gasteiger partial charge in [0.2, 0.25) is 0 Å². The fraction of sp³-hybridized carbons (Fsp3) is 0. The minimum atomic E-state index is -6.00. The summed E-state index contributed by atoms with van der Waals surface area (Å²) in [7, 11) is -11.6. The second-order valence-corrected chi connectivity index (χ2v) is 1.80. The Morgan fingerprint density at radius 2 is 1.09 bits per heavy atom. The molecule has 0 atom stereocenters. The Kier molecular flexibility index (Phi) is 9.55. The van der Waals surface area contributed by atoms with Crippen LogP contribution in [0.3, 0.4) is 0 Å². The van der Waals surface area contributed by atoms with Crippen molar-refractivity contribution in [3.63, 3.8) is 0 Å². The van der Waals surface area contributed by atoms with Crippen LogP contribution in [0.15, 0.2) is 0 Å². The maximum absolute atomic E-state index is 10.1. The monoisotopic (exact) mass is 196 g/mol. The van der Waals surface area contributed by atoms with Crippen molar-refractivity contribution < 1.29 is 54.0 Å². The first kappa shape index (κ1) is 17.5. The maximum atomic E-state index is 10.1. The van der Waals surface area contributed by atoms with Crippen LogP contribution in [0.2, 0.25) is 0 Å². The molecule has 0 heterocycles. The van der Waals surface area contributed by atoms with Gasteiger partial charge in [0, 0.05) is 0 Å². The van der Waals surface area contributed by atoms with Crippen molar-refractivity contribution in [2.75, 3.05) is 0 Å². The van der Waals surface area contributed by atoms with Crippen LogP contribution in [0.5, 0.6) is 0 Å². The van der Waals surface area contributed by atoms with E-state index >= 15 is 0 Å². The number of hydrogen-bond donors (Lipinski definition) is 1. The largest absolute Gasteiger partial charge is 1.00 e. The Morgan fingerprint density at radius 1 is 1.09 bits per heavy atom. The molecule has 0 bridgehead atoms. The Bertz CT molecular complexity index is 113. The van der Waals surface area contributed by atoms with Gasteiger partial charge in [-0.15, -0.1) is 8.39 Å². The van der Waals surface area contributed by atoms with Crippen molar-refractivity contribution in [3.05, 3.63) is 0 Å². The maximum Gasteiger partial charge on any atom is 1.00 e. The van der Waals surface area contributed by atoms with E-state index in [0.717, 1.165) is 0 Å². The van der Waals surface area contributed by atoms with Crippen molar-refractivity contribution in [1.82, 2.24) is 0 Å². The molecule has 0 aromatic heterocycles. The Morgan fingerprint density at radius 3 is 1.09 bits per heavy atom. The fourth-order valence-corrected chi connectivity index (χ4v) is 0. The Hall–Kier alpha value is 0.432. The molecule has 11 heavy (non-hydrogen) atoms. The normalized spacial score (nSPS) is 10.8. The van der Waals surface area contributed by atoms with Crippen LogP contribution in [0, 0.1) is 0 Å². The van der Waals surface area contributed by atoms with Crippen LogP contribution < -0.4 is 18.9 Å². The first-order valence-corrected chi connectivity index (χ1v) is 3.03. The third kappa shape index (κ3) is 3970. The number of hydrogen-bond acceptors (Lipinski definition) is 1. The van der Waals surface area contributed by atoms with Crippen LogP contribution in [0.1, 0.15) is 0 Å². The molecule has 0 aliphatic rings. The average Bonchev–Trinajstić information content (AvgIpc) is 1.12. The quantitative estimate of drug-likeness (QED) is 0.316. The van der Waals surface area contributed by atoms with Gasteiger partial charge in [0.05, 0.1) is 0 Å². The molecular weight excluding hydrogens is 195 g/mol. The fourth-order valence-electron chi connectivity index (χ4n) is 0. The predicted octanol–water partition coefficient (Wildman–Crippen LogP) is -0.670. The Labute approximate surface area is 69.9 Å². The van der Waals surface area contributed by atoms with Crippen LogP contribution in [0.4, 0.5) is 25.7 Å². The van der Waals surface area contributed by atoms with Gasteiger partial charge in [-0.2, -0.15) is 0 Å². The summed E-state index contributed by atoms with van der Waals surface area (Å²) in [6.07, 6.45) is 0. The van der Waals surface area contributed by atoms with Crippen molar-refractivity contribution in [2.24, 2.45) is 0 Å². The second-order valence-electron chi connectivity index (χ2n) is 0.930. The molecule has 0 aromatic carbocycles. The predicted molar refractivity (Wildman–Crippen MR) is 22.2 cm³/mol. The van der Waals surface area contributed by atoms with Gasteiger partial charge in [-0.3, -0.25) is 4.89 Å². The van der Waals surface area contributed by atoms with Gasteiger partial charge in [0.15, 0.2) is 0 Å². The van der Waals surface area contributed by atoms with E-state index in [9.17, 15) is 25.7 Å². The van der Waals surface area contributed by atoms with Crippen molar-refractivity contribution in [1.29, 1.82) is 0 Å². The summed E-state index contributed by atoms with van der Waals surface area (Å²) in [6.45, 7) is 0. The molecule has 2 nitrogen and oxygen atoms in total. The van der Waals surface area contributed by atoms with E-state index < -0.39 is 15.2 Å². The van der Waals surface area contributed by atoms with E-state index in [0.29, 0.717) is 0 Å². The Balaban J connectivity index is -0.000000107. The molecule has 0 aliphatic carbocycles. The zero-order valence-electron chi connectivity index (χ0n) is 5.15. The van der Waals surface area contributed by atoms with E-state index in [-0.39, 0.29) is 18.9 Å². The summed E-state index contributed by atoms with van der Waals surface area (Å²) in [5.41, 5.74) is 0. The van der Waals surface area contributed by atoms with Gasteiger partial charge in [0.25, 0.3) is 0 Å². The minimum Gasteiger partial charge on any atom is -0.418 e. The molecule has 0 fully saturated rings. The molecule has 0 amide bonds. The number of rotatable bonds is 0. The van der Waals surface area contributed by atoms with Gasteiger partial charge < -0.3 is 17.3 Å². The van der Waals surface area contributed by atoms with Crippen molar-refractivity contribution >= 4 is 15.2 Å².